The number of halogens is 8. The van der Waals surface area contributed by atoms with Crippen LogP contribution in [0.3, 0.4) is 0 Å². The molecule has 0 bridgehead atoms. The third-order valence-electron chi connectivity index (χ3n) is 7.98. The monoisotopic (exact) mass is 1060 g/mol. The summed E-state index contributed by atoms with van der Waals surface area (Å²) >= 11 is 47.8. The zero-order chi connectivity index (χ0) is 44.6. The number of hydrogen-bond acceptors (Lipinski definition) is 11. The second-order valence-electron chi connectivity index (χ2n) is 11.6. The van der Waals surface area contributed by atoms with Crippen LogP contribution in [-0.2, 0) is 9.68 Å². The topological polar surface area (TPSA) is 149 Å². The van der Waals surface area contributed by atoms with Crippen LogP contribution in [0.15, 0.2) is 97.6 Å². The molecule has 21 heteroatoms. The average Bonchev–Trinajstić information content (AvgIpc) is 3.26. The first-order valence-electron chi connectivity index (χ1n) is 17.4. The number of pyridine rings is 4. The van der Waals surface area contributed by atoms with Crippen LogP contribution in [0, 0.1) is 0 Å². The largest absolute Gasteiger partial charge is 1.00 e. The first-order valence-corrected chi connectivity index (χ1v) is 20.5. The molecule has 0 aliphatic rings. The summed E-state index contributed by atoms with van der Waals surface area (Å²) in [6, 6.07) is 21.7. The van der Waals surface area contributed by atoms with E-state index in [4.69, 9.17) is 117 Å². The van der Waals surface area contributed by atoms with Gasteiger partial charge in [0, 0.05) is 43.1 Å². The molecule has 0 amide bonds. The van der Waals surface area contributed by atoms with Gasteiger partial charge >= 0.3 is 103 Å². The molecule has 0 spiro atoms. The van der Waals surface area contributed by atoms with Crippen LogP contribution in [0.4, 0.5) is 0 Å². The number of ether oxygens (including phenoxy) is 3. The fraction of sp³-hybridized carbons (Fsp3) is 0.119. The Labute approximate surface area is 488 Å². The molecule has 1 N–H and O–H groups in total. The van der Waals surface area contributed by atoms with Gasteiger partial charge in [-0.15, -0.1) is 0 Å². The molecule has 0 unspecified atom stereocenters. The van der Waals surface area contributed by atoms with E-state index in [1.807, 2.05) is 62.4 Å². The van der Waals surface area contributed by atoms with Crippen LogP contribution in [0.1, 0.15) is 15.3 Å². The predicted octanol–water partition coefficient (Wildman–Crippen LogP) is 7.23. The molecule has 0 saturated carbocycles. The van der Waals surface area contributed by atoms with Gasteiger partial charge in [0.25, 0.3) is 6.47 Å². The van der Waals surface area contributed by atoms with Gasteiger partial charge < -0.3 is 30.9 Å². The second-order valence-corrected chi connectivity index (χ2v) is 14.6. The van der Waals surface area contributed by atoms with Gasteiger partial charge in [0.2, 0.25) is 0 Å². The van der Waals surface area contributed by atoms with E-state index >= 15 is 0 Å². The molecule has 0 saturated heterocycles. The zero-order valence-electron chi connectivity index (χ0n) is 34.9. The molecule has 0 atom stereocenters. The van der Waals surface area contributed by atoms with Crippen LogP contribution in [0.25, 0.3) is 43.1 Å². The first kappa shape index (κ1) is 57.9. The van der Waals surface area contributed by atoms with E-state index in [9.17, 15) is 5.11 Å². The Morgan fingerprint density at radius 2 is 0.825 bits per heavy atom. The number of rotatable bonds is 6. The van der Waals surface area contributed by atoms with E-state index in [-0.39, 0.29) is 116 Å². The molecule has 8 rings (SSSR count). The van der Waals surface area contributed by atoms with Gasteiger partial charge in [0.05, 0.1) is 65.2 Å². The van der Waals surface area contributed by atoms with Crippen molar-refractivity contribution in [3.8, 4) is 23.0 Å². The summed E-state index contributed by atoms with van der Waals surface area (Å²) in [6.07, 6.45) is 6.05. The number of fused-ring (bicyclic) bond motifs is 4. The van der Waals surface area contributed by atoms with Crippen molar-refractivity contribution >= 4 is 142 Å². The molecule has 320 valence electrons. The van der Waals surface area contributed by atoms with Crippen LogP contribution in [0.5, 0.6) is 23.0 Å². The molecule has 63 heavy (non-hydrogen) atoms. The van der Waals surface area contributed by atoms with Crippen LogP contribution >= 0.6 is 92.8 Å². The Kier molecular flexibility index (Phi) is 27.1. The van der Waals surface area contributed by atoms with Crippen molar-refractivity contribution in [1.29, 1.82) is 0 Å². The third kappa shape index (κ3) is 15.6. The number of nitrogens with zero attached hydrogens (tertiary/aromatic N) is 4. The zero-order valence-corrected chi connectivity index (χ0v) is 46.2. The van der Waals surface area contributed by atoms with Gasteiger partial charge in [-0.1, -0.05) is 141 Å². The van der Waals surface area contributed by atoms with Crippen LogP contribution in [-0.4, -0.2) is 51.8 Å². The van der Waals surface area contributed by atoms with Crippen molar-refractivity contribution < 1.29 is 138 Å². The molecule has 11 nitrogen and oxygen atoms in total. The van der Waals surface area contributed by atoms with E-state index in [1.165, 1.54) is 6.20 Å². The van der Waals surface area contributed by atoms with Gasteiger partial charge in [-0.05, 0) is 38.1 Å². The molecule has 0 fully saturated rings. The summed E-state index contributed by atoms with van der Waals surface area (Å²) in [5.41, 5.74) is 0. The Morgan fingerprint density at radius 3 is 1.13 bits per heavy atom. The van der Waals surface area contributed by atoms with Crippen molar-refractivity contribution in [2.45, 2.75) is 13.8 Å². The maximum absolute atomic E-state index is 9.47. The Hall–Kier alpha value is -1.26. The molecule has 0 aliphatic heterocycles. The van der Waals surface area contributed by atoms with Crippen molar-refractivity contribution in [3.63, 3.8) is 0 Å². The molecule has 8 aromatic rings. The molecule has 0 radical (unpaired) electrons. The third-order valence-corrected chi connectivity index (χ3v) is 10.4. The minimum Gasteiger partial charge on any atom is -1.00 e. The average molecular weight is 1070 g/mol. The minimum absolute atomic E-state index is 0. The summed E-state index contributed by atoms with van der Waals surface area (Å²) in [6.45, 7) is 4.79. The van der Waals surface area contributed by atoms with E-state index in [1.54, 1.807) is 50.0 Å². The number of aromatic hydroxyl groups is 1. The number of carbonyl (C=O) groups excluding carboxylic acids is 1. The van der Waals surface area contributed by atoms with Gasteiger partial charge in [-0.25, -0.2) is 19.9 Å². The molecule has 4 aromatic heterocycles. The van der Waals surface area contributed by atoms with Gasteiger partial charge in [0.1, 0.15) is 43.6 Å². The fourth-order valence-corrected chi connectivity index (χ4v) is 7.38. The fourth-order valence-electron chi connectivity index (χ4n) is 5.48. The standard InChI is InChI=1S/2C11H9Cl2NO.C10H7Cl2NO.C9H5Cl2NO.CH2O3.2K.H/c2*1-2-15-9-6-14-11(13)7-4-3-5-8(12)10(7)9;1-14-8-5-13-10(12)6-3-2-4-7(11)9(6)8;10-6-3-1-2-5-8(6)7(13)4-12-9(5)11;2-1-4-3;;;/h2*3-6H,2H2,1H3;2-5H,1H3;1-4,13H;1,3H;;;/q;;;;;2*+1;-1/p-1. The normalized spacial score (nSPS) is 9.90. The molecular weight excluding hydrogens is 1030 g/mol. The predicted molar refractivity (Wildman–Crippen MR) is 246 cm³/mol. The Bertz CT molecular complexity index is 2690. The SMILES string of the molecule is CCOc1cnc(Cl)c2cccc(Cl)c12.CCOc1cnc(Cl)c2cccc(Cl)c12.COc1cnc(Cl)c2cccc(Cl)c12.O=CO[O-].Oc1cnc(Cl)c2cccc(Cl)c12.[H-].[K+].[K+]. The van der Waals surface area contributed by atoms with Crippen molar-refractivity contribution in [1.82, 2.24) is 19.9 Å². The van der Waals surface area contributed by atoms with E-state index in [0.29, 0.717) is 81.9 Å². The van der Waals surface area contributed by atoms with Crippen molar-refractivity contribution in [2.24, 2.45) is 0 Å². The van der Waals surface area contributed by atoms with Crippen LogP contribution in [0.2, 0.25) is 40.7 Å². The van der Waals surface area contributed by atoms with Gasteiger partial charge in [0.15, 0.2) is 0 Å². The van der Waals surface area contributed by atoms with E-state index in [2.05, 4.69) is 24.8 Å². The maximum atomic E-state index is 9.47. The van der Waals surface area contributed by atoms with Crippen LogP contribution < -0.4 is 122 Å². The summed E-state index contributed by atoms with van der Waals surface area (Å²) < 4.78 is 16.1. The molecule has 4 heterocycles. The maximum Gasteiger partial charge on any atom is 1.00 e. The summed E-state index contributed by atoms with van der Waals surface area (Å²) in [5, 5.41) is 28.0. The number of carbonyl (C=O) groups is 1. The number of aromatic nitrogens is 4. The number of methoxy groups -OCH3 is 1. The molecule has 0 aliphatic carbocycles. The van der Waals surface area contributed by atoms with Gasteiger partial charge in [-0.3, -0.25) is 4.79 Å². The molecular formula is C42H32Cl8K2N4O7. The minimum atomic E-state index is -0.181. The van der Waals surface area contributed by atoms with Gasteiger partial charge in [-0.2, -0.15) is 0 Å². The van der Waals surface area contributed by atoms with E-state index in [0.717, 1.165) is 32.3 Å². The molecule has 4 aromatic carbocycles. The smallest absolute Gasteiger partial charge is 1.00 e. The number of hydrogen-bond donors (Lipinski definition) is 1. The summed E-state index contributed by atoms with van der Waals surface area (Å²) in [7, 11) is 1.58. The Balaban J connectivity index is 0.000000409. The second kappa shape index (κ2) is 29.5. The van der Waals surface area contributed by atoms with Crippen molar-refractivity contribution in [2.75, 3.05) is 20.3 Å². The Morgan fingerprint density at radius 1 is 0.540 bits per heavy atom. The summed E-state index contributed by atoms with van der Waals surface area (Å²) in [4.78, 5) is 27.2. The van der Waals surface area contributed by atoms with E-state index < -0.39 is 0 Å². The summed E-state index contributed by atoms with van der Waals surface area (Å²) in [5.74, 6) is 2.02. The van der Waals surface area contributed by atoms with Crippen molar-refractivity contribution in [3.05, 3.63) is 138 Å². The number of benzene rings is 4. The quantitative estimate of drug-likeness (QED) is 0.0591. The first-order chi connectivity index (χ1) is 29.3.